The number of aryl methyl sites for hydroxylation is 2. The van der Waals surface area contributed by atoms with Crippen LogP contribution in [0.5, 0.6) is 0 Å². The molecule has 2 aliphatic rings. The average Bonchev–Trinajstić information content (AvgIpc) is 2.55. The minimum absolute atomic E-state index is 0. The highest BCUT2D eigenvalue weighted by Gasteiger charge is 2.19. The maximum absolute atomic E-state index is 12.2. The average molecular weight is 339 g/mol. The number of hydrogen-bond donors (Lipinski definition) is 2. The SMILES string of the molecule is CC(NC(=O)CC1COCCN1)c1ccc2c(c1)CCCC2.Cl. The smallest absolute Gasteiger partial charge is 0.222 e. The molecule has 2 unspecified atom stereocenters. The van der Waals surface area contributed by atoms with Gasteiger partial charge in [0.15, 0.2) is 0 Å². The molecule has 128 valence electrons. The van der Waals surface area contributed by atoms with Gasteiger partial charge in [0, 0.05) is 19.0 Å². The highest BCUT2D eigenvalue weighted by molar-refractivity contribution is 5.85. The maximum Gasteiger partial charge on any atom is 0.222 e. The van der Waals surface area contributed by atoms with Crippen molar-refractivity contribution in [2.45, 2.75) is 51.1 Å². The normalized spacial score (nSPS) is 21.7. The van der Waals surface area contributed by atoms with E-state index in [9.17, 15) is 4.79 Å². The van der Waals surface area contributed by atoms with Gasteiger partial charge in [0.25, 0.3) is 0 Å². The van der Waals surface area contributed by atoms with Crippen LogP contribution in [0, 0.1) is 0 Å². The third-order valence-corrected chi connectivity index (χ3v) is 4.68. The molecule has 4 nitrogen and oxygen atoms in total. The Morgan fingerprint density at radius 1 is 1.35 bits per heavy atom. The molecular weight excluding hydrogens is 312 g/mol. The molecule has 1 heterocycles. The molecule has 23 heavy (non-hydrogen) atoms. The fourth-order valence-electron chi connectivity index (χ4n) is 3.38. The number of morpholine rings is 1. The molecule has 2 atom stereocenters. The summed E-state index contributed by atoms with van der Waals surface area (Å²) in [5, 5.41) is 6.43. The number of carbonyl (C=O) groups is 1. The van der Waals surface area contributed by atoms with Crippen molar-refractivity contribution in [2.75, 3.05) is 19.8 Å². The van der Waals surface area contributed by atoms with Crippen LogP contribution in [0.1, 0.15) is 48.9 Å². The van der Waals surface area contributed by atoms with Gasteiger partial charge in [-0.3, -0.25) is 4.79 Å². The highest BCUT2D eigenvalue weighted by atomic mass is 35.5. The Hall–Kier alpha value is -1.10. The summed E-state index contributed by atoms with van der Waals surface area (Å²) in [6.07, 6.45) is 5.44. The molecule has 3 rings (SSSR count). The first kappa shape index (κ1) is 18.2. The molecule has 1 amide bonds. The molecule has 1 aromatic rings. The standard InChI is InChI=1S/C18H26N2O2.ClH/c1-13(20-18(21)11-17-12-22-9-8-19-17)15-7-6-14-4-2-3-5-16(14)10-15;/h6-7,10,13,17,19H,2-5,8-9,11-12H2,1H3,(H,20,21);1H. The highest BCUT2D eigenvalue weighted by Crippen LogP contribution is 2.24. The first-order valence-corrected chi connectivity index (χ1v) is 8.44. The van der Waals surface area contributed by atoms with E-state index in [0.29, 0.717) is 13.0 Å². The summed E-state index contributed by atoms with van der Waals surface area (Å²) in [6.45, 7) is 4.26. The van der Waals surface area contributed by atoms with Crippen molar-refractivity contribution in [1.29, 1.82) is 0 Å². The van der Waals surface area contributed by atoms with Gasteiger partial charge in [-0.15, -0.1) is 12.4 Å². The predicted octanol–water partition coefficient (Wildman–Crippen LogP) is 2.54. The van der Waals surface area contributed by atoms with Gasteiger partial charge in [-0.25, -0.2) is 0 Å². The van der Waals surface area contributed by atoms with Crippen molar-refractivity contribution >= 4 is 18.3 Å². The number of ether oxygens (including phenoxy) is 1. The van der Waals surface area contributed by atoms with Gasteiger partial charge >= 0.3 is 0 Å². The van der Waals surface area contributed by atoms with Gasteiger partial charge in [-0.1, -0.05) is 18.2 Å². The summed E-state index contributed by atoms with van der Waals surface area (Å²) in [5.41, 5.74) is 4.16. The van der Waals surface area contributed by atoms with Crippen molar-refractivity contribution in [3.05, 3.63) is 34.9 Å². The lowest BCUT2D eigenvalue weighted by Gasteiger charge is -2.24. The Balaban J connectivity index is 0.00000192. The summed E-state index contributed by atoms with van der Waals surface area (Å²) in [6, 6.07) is 6.88. The van der Waals surface area contributed by atoms with Crippen molar-refractivity contribution < 1.29 is 9.53 Å². The molecule has 1 fully saturated rings. The topological polar surface area (TPSA) is 50.4 Å². The van der Waals surface area contributed by atoms with Crippen LogP contribution < -0.4 is 10.6 Å². The Labute approximate surface area is 144 Å². The lowest BCUT2D eigenvalue weighted by atomic mass is 9.89. The van der Waals surface area contributed by atoms with E-state index in [2.05, 4.69) is 35.8 Å². The minimum atomic E-state index is 0. The van der Waals surface area contributed by atoms with E-state index < -0.39 is 0 Å². The lowest BCUT2D eigenvalue weighted by molar-refractivity contribution is -0.122. The fourth-order valence-corrected chi connectivity index (χ4v) is 3.38. The van der Waals surface area contributed by atoms with Crippen LogP contribution in [0.2, 0.25) is 0 Å². The van der Waals surface area contributed by atoms with E-state index in [1.165, 1.54) is 42.4 Å². The molecule has 5 heteroatoms. The van der Waals surface area contributed by atoms with Crippen LogP contribution in [0.4, 0.5) is 0 Å². The largest absolute Gasteiger partial charge is 0.378 e. The molecule has 1 aromatic carbocycles. The monoisotopic (exact) mass is 338 g/mol. The zero-order chi connectivity index (χ0) is 15.4. The van der Waals surface area contributed by atoms with Gasteiger partial charge in [0.1, 0.15) is 0 Å². The molecule has 0 radical (unpaired) electrons. The molecule has 0 aromatic heterocycles. The predicted molar refractivity (Wildman–Crippen MR) is 94.1 cm³/mol. The second-order valence-corrected chi connectivity index (χ2v) is 6.45. The number of halogens is 1. The van der Waals surface area contributed by atoms with Gasteiger partial charge in [-0.2, -0.15) is 0 Å². The fraction of sp³-hybridized carbons (Fsp3) is 0.611. The molecule has 0 bridgehead atoms. The minimum Gasteiger partial charge on any atom is -0.378 e. The summed E-state index contributed by atoms with van der Waals surface area (Å²) < 4.78 is 5.39. The Bertz CT molecular complexity index is 530. The number of fused-ring (bicyclic) bond motifs is 1. The number of rotatable bonds is 4. The Morgan fingerprint density at radius 2 is 2.13 bits per heavy atom. The second-order valence-electron chi connectivity index (χ2n) is 6.45. The summed E-state index contributed by atoms with van der Waals surface area (Å²) in [7, 11) is 0. The van der Waals surface area contributed by atoms with Crippen molar-refractivity contribution in [1.82, 2.24) is 10.6 Å². The quantitative estimate of drug-likeness (QED) is 0.887. The zero-order valence-electron chi connectivity index (χ0n) is 13.8. The van der Waals surface area contributed by atoms with Crippen LogP contribution in [-0.2, 0) is 22.4 Å². The molecule has 1 aliphatic carbocycles. The first-order chi connectivity index (χ1) is 10.7. The van der Waals surface area contributed by atoms with E-state index in [0.717, 1.165) is 13.2 Å². The Kier molecular flexibility index (Phi) is 6.88. The number of carbonyl (C=O) groups excluding carboxylic acids is 1. The van der Waals surface area contributed by atoms with Crippen LogP contribution in [0.15, 0.2) is 18.2 Å². The van der Waals surface area contributed by atoms with Crippen molar-refractivity contribution in [3.63, 3.8) is 0 Å². The van der Waals surface area contributed by atoms with E-state index in [1.54, 1.807) is 0 Å². The maximum atomic E-state index is 12.2. The Morgan fingerprint density at radius 3 is 2.87 bits per heavy atom. The van der Waals surface area contributed by atoms with E-state index >= 15 is 0 Å². The number of amides is 1. The molecule has 0 spiro atoms. The lowest BCUT2D eigenvalue weighted by Crippen LogP contribution is -2.44. The van der Waals surface area contributed by atoms with Crippen molar-refractivity contribution in [2.24, 2.45) is 0 Å². The van der Waals surface area contributed by atoms with Crippen LogP contribution in [-0.4, -0.2) is 31.7 Å². The van der Waals surface area contributed by atoms with Gasteiger partial charge in [0.05, 0.1) is 19.3 Å². The third kappa shape index (κ3) is 4.93. The molecule has 1 aliphatic heterocycles. The van der Waals surface area contributed by atoms with Gasteiger partial charge < -0.3 is 15.4 Å². The van der Waals surface area contributed by atoms with E-state index in [-0.39, 0.29) is 30.4 Å². The number of nitrogens with one attached hydrogen (secondary N) is 2. The molecule has 1 saturated heterocycles. The molecule has 2 N–H and O–H groups in total. The third-order valence-electron chi connectivity index (χ3n) is 4.68. The molecular formula is C18H27ClN2O2. The van der Waals surface area contributed by atoms with Crippen LogP contribution >= 0.6 is 12.4 Å². The van der Waals surface area contributed by atoms with Crippen LogP contribution in [0.25, 0.3) is 0 Å². The number of benzene rings is 1. The zero-order valence-corrected chi connectivity index (χ0v) is 14.6. The summed E-state index contributed by atoms with van der Waals surface area (Å²) in [5.74, 6) is 0.0909. The van der Waals surface area contributed by atoms with Gasteiger partial charge in [-0.05, 0) is 49.3 Å². The van der Waals surface area contributed by atoms with Crippen molar-refractivity contribution in [3.8, 4) is 0 Å². The number of hydrogen-bond acceptors (Lipinski definition) is 3. The summed E-state index contributed by atoms with van der Waals surface area (Å²) in [4.78, 5) is 12.2. The second kappa shape index (κ2) is 8.67. The van der Waals surface area contributed by atoms with E-state index in [1.807, 2.05) is 0 Å². The first-order valence-electron chi connectivity index (χ1n) is 8.44. The van der Waals surface area contributed by atoms with E-state index in [4.69, 9.17) is 4.74 Å². The summed E-state index contributed by atoms with van der Waals surface area (Å²) >= 11 is 0. The van der Waals surface area contributed by atoms with Crippen LogP contribution in [0.3, 0.4) is 0 Å². The van der Waals surface area contributed by atoms with Gasteiger partial charge in [0.2, 0.25) is 5.91 Å². The molecule has 0 saturated carbocycles.